The molecule has 150 valence electrons. The molecule has 0 radical (unpaired) electrons. The van der Waals surface area contributed by atoms with Crippen molar-refractivity contribution in [3.05, 3.63) is 89.0 Å². The molecule has 30 heavy (non-hydrogen) atoms. The second-order valence-electron chi connectivity index (χ2n) is 6.54. The van der Waals surface area contributed by atoms with Gasteiger partial charge in [0.2, 0.25) is 0 Å². The number of esters is 1. The molecule has 0 aromatic heterocycles. The largest absolute Gasteiger partial charge is 0.496 e. The van der Waals surface area contributed by atoms with Crippen LogP contribution in [0, 0.1) is 18.3 Å². The number of carbonyl (C=O) groups is 1. The van der Waals surface area contributed by atoms with Gasteiger partial charge < -0.3 is 14.2 Å². The third kappa shape index (κ3) is 4.68. The van der Waals surface area contributed by atoms with E-state index in [0.717, 1.165) is 11.1 Å². The fourth-order valence-corrected chi connectivity index (χ4v) is 2.91. The van der Waals surface area contributed by atoms with Gasteiger partial charge in [0.15, 0.2) is 11.5 Å². The Kier molecular flexibility index (Phi) is 6.51. The van der Waals surface area contributed by atoms with E-state index in [-0.39, 0.29) is 0 Å². The van der Waals surface area contributed by atoms with E-state index in [0.29, 0.717) is 33.9 Å². The summed E-state index contributed by atoms with van der Waals surface area (Å²) in [5, 5.41) is 9.63. The van der Waals surface area contributed by atoms with Crippen LogP contribution in [0.1, 0.15) is 27.0 Å². The molecule has 3 aromatic carbocycles. The molecule has 0 aliphatic heterocycles. The van der Waals surface area contributed by atoms with Crippen molar-refractivity contribution in [2.45, 2.75) is 6.92 Å². The van der Waals surface area contributed by atoms with Gasteiger partial charge in [0, 0.05) is 5.56 Å². The van der Waals surface area contributed by atoms with Crippen LogP contribution in [0.15, 0.2) is 66.7 Å². The minimum Gasteiger partial charge on any atom is -0.496 e. The van der Waals surface area contributed by atoms with E-state index in [1.165, 1.54) is 7.11 Å². The lowest BCUT2D eigenvalue weighted by Gasteiger charge is -2.11. The first-order chi connectivity index (χ1) is 14.5. The van der Waals surface area contributed by atoms with Crippen molar-refractivity contribution in [2.24, 2.45) is 0 Å². The number of nitriles is 1. The van der Waals surface area contributed by atoms with Crippen molar-refractivity contribution in [1.82, 2.24) is 0 Å². The lowest BCUT2D eigenvalue weighted by molar-refractivity contribution is 0.0729. The van der Waals surface area contributed by atoms with Crippen molar-refractivity contribution in [1.29, 1.82) is 5.26 Å². The van der Waals surface area contributed by atoms with E-state index >= 15 is 0 Å². The third-order valence-electron chi connectivity index (χ3n) is 4.51. The monoisotopic (exact) mass is 399 g/mol. The molecule has 0 atom stereocenters. The summed E-state index contributed by atoms with van der Waals surface area (Å²) in [5.74, 6) is 0.835. The van der Waals surface area contributed by atoms with Crippen molar-refractivity contribution in [2.75, 3.05) is 14.2 Å². The highest BCUT2D eigenvalue weighted by molar-refractivity contribution is 5.93. The first-order valence-corrected chi connectivity index (χ1v) is 9.27. The minimum atomic E-state index is -0.469. The van der Waals surface area contributed by atoms with Gasteiger partial charge in [-0.15, -0.1) is 0 Å². The maximum atomic E-state index is 12.4. The molecule has 0 heterocycles. The van der Waals surface area contributed by atoms with Gasteiger partial charge in [0.25, 0.3) is 0 Å². The van der Waals surface area contributed by atoms with Crippen LogP contribution in [0.4, 0.5) is 0 Å². The lowest BCUT2D eigenvalue weighted by Crippen LogP contribution is -2.09. The second-order valence-corrected chi connectivity index (χ2v) is 6.54. The van der Waals surface area contributed by atoms with E-state index in [4.69, 9.17) is 14.2 Å². The Bertz CT molecular complexity index is 1120. The molecule has 0 N–H and O–H groups in total. The summed E-state index contributed by atoms with van der Waals surface area (Å²) in [7, 11) is 3.06. The number of rotatable bonds is 6. The van der Waals surface area contributed by atoms with Crippen LogP contribution in [0.2, 0.25) is 0 Å². The topological polar surface area (TPSA) is 68.6 Å². The lowest BCUT2D eigenvalue weighted by atomic mass is 10.0. The summed E-state index contributed by atoms with van der Waals surface area (Å²) < 4.78 is 16.2. The van der Waals surface area contributed by atoms with Crippen molar-refractivity contribution in [3.63, 3.8) is 0 Å². The van der Waals surface area contributed by atoms with Gasteiger partial charge in [-0.05, 0) is 55.0 Å². The number of carbonyl (C=O) groups excluding carboxylic acids is 1. The molecular formula is C25H21NO4. The van der Waals surface area contributed by atoms with Crippen LogP contribution in [0.3, 0.4) is 0 Å². The number of hydrogen-bond acceptors (Lipinski definition) is 5. The van der Waals surface area contributed by atoms with Gasteiger partial charge >= 0.3 is 5.97 Å². The highest BCUT2D eigenvalue weighted by atomic mass is 16.6. The van der Waals surface area contributed by atoms with Gasteiger partial charge in [0.1, 0.15) is 5.75 Å². The highest BCUT2D eigenvalue weighted by Gasteiger charge is 2.14. The Labute approximate surface area is 175 Å². The highest BCUT2D eigenvalue weighted by Crippen LogP contribution is 2.32. The Morgan fingerprint density at radius 1 is 0.900 bits per heavy atom. The molecule has 5 heteroatoms. The fraction of sp³-hybridized carbons (Fsp3) is 0.120. The van der Waals surface area contributed by atoms with E-state index < -0.39 is 5.97 Å². The number of aryl methyl sites for hydroxylation is 1. The Hall–Kier alpha value is -4.04. The maximum absolute atomic E-state index is 12.4. The summed E-state index contributed by atoms with van der Waals surface area (Å²) in [6.45, 7) is 1.95. The van der Waals surface area contributed by atoms with Crippen LogP contribution in [0.5, 0.6) is 17.2 Å². The van der Waals surface area contributed by atoms with Crippen LogP contribution in [-0.4, -0.2) is 20.2 Å². The van der Waals surface area contributed by atoms with Crippen molar-refractivity contribution < 1.29 is 19.0 Å². The zero-order chi connectivity index (χ0) is 21.5. The molecule has 0 aliphatic rings. The molecule has 0 bridgehead atoms. The first kappa shape index (κ1) is 20.7. The number of methoxy groups -OCH3 is 2. The summed E-state index contributed by atoms with van der Waals surface area (Å²) >= 11 is 0. The van der Waals surface area contributed by atoms with Gasteiger partial charge in [-0.2, -0.15) is 5.26 Å². The fourth-order valence-electron chi connectivity index (χ4n) is 2.91. The predicted molar refractivity (Wildman–Crippen MR) is 116 cm³/mol. The minimum absolute atomic E-state index is 0.302. The Balaban J connectivity index is 1.89. The van der Waals surface area contributed by atoms with Crippen LogP contribution >= 0.6 is 0 Å². The van der Waals surface area contributed by atoms with E-state index in [1.54, 1.807) is 49.6 Å². The average Bonchev–Trinajstić information content (AvgIpc) is 2.78. The molecule has 0 unspecified atom stereocenters. The number of benzene rings is 3. The van der Waals surface area contributed by atoms with Crippen molar-refractivity contribution in [3.8, 4) is 23.3 Å². The quantitative estimate of drug-likeness (QED) is 0.244. The first-order valence-electron chi connectivity index (χ1n) is 9.27. The molecule has 0 spiro atoms. The molecule has 0 fully saturated rings. The zero-order valence-corrected chi connectivity index (χ0v) is 17.0. The predicted octanol–water partition coefficient (Wildman–Crippen LogP) is 5.30. The van der Waals surface area contributed by atoms with Gasteiger partial charge in [0.05, 0.1) is 31.4 Å². The van der Waals surface area contributed by atoms with Crippen LogP contribution in [-0.2, 0) is 0 Å². The second kappa shape index (κ2) is 9.44. The molecule has 3 aromatic rings. The van der Waals surface area contributed by atoms with E-state index in [9.17, 15) is 10.1 Å². The van der Waals surface area contributed by atoms with Gasteiger partial charge in [-0.25, -0.2) is 4.79 Å². The number of allylic oxidation sites excluding steroid dienone is 1. The number of ether oxygens (including phenoxy) is 3. The number of hydrogen-bond donors (Lipinski definition) is 0. The molecule has 0 saturated carbocycles. The van der Waals surface area contributed by atoms with Crippen molar-refractivity contribution >= 4 is 17.6 Å². The Morgan fingerprint density at radius 3 is 2.27 bits per heavy atom. The molecule has 0 aliphatic carbocycles. The van der Waals surface area contributed by atoms with Gasteiger partial charge in [-0.3, -0.25) is 0 Å². The maximum Gasteiger partial charge on any atom is 0.343 e. The Morgan fingerprint density at radius 2 is 1.60 bits per heavy atom. The molecule has 0 saturated heterocycles. The summed E-state index contributed by atoms with van der Waals surface area (Å²) in [6.07, 6.45) is 1.73. The zero-order valence-electron chi connectivity index (χ0n) is 17.0. The van der Waals surface area contributed by atoms with E-state index in [1.807, 2.05) is 37.3 Å². The summed E-state index contributed by atoms with van der Waals surface area (Å²) in [5.41, 5.74) is 3.37. The van der Waals surface area contributed by atoms with E-state index in [2.05, 4.69) is 6.07 Å². The molecular weight excluding hydrogens is 378 g/mol. The summed E-state index contributed by atoms with van der Waals surface area (Å²) in [6, 6.07) is 21.8. The average molecular weight is 399 g/mol. The molecule has 5 nitrogen and oxygen atoms in total. The normalized spacial score (nSPS) is 10.8. The SMILES string of the molecule is COc1cc(/C=C(/C#N)c2ccccc2OC)ccc1OC(=O)c1ccc(C)cc1. The number of para-hydroxylation sites is 1. The van der Waals surface area contributed by atoms with Gasteiger partial charge in [-0.1, -0.05) is 35.9 Å². The number of nitrogens with zero attached hydrogens (tertiary/aromatic N) is 1. The molecule has 3 rings (SSSR count). The third-order valence-corrected chi connectivity index (χ3v) is 4.51. The summed E-state index contributed by atoms with van der Waals surface area (Å²) in [4.78, 5) is 12.4. The van der Waals surface area contributed by atoms with Crippen LogP contribution in [0.25, 0.3) is 11.6 Å². The molecule has 0 amide bonds. The van der Waals surface area contributed by atoms with Crippen LogP contribution < -0.4 is 14.2 Å². The smallest absolute Gasteiger partial charge is 0.343 e. The standard InChI is InChI=1S/C25H21NO4/c1-17-8-11-19(12-9-17)25(27)30-23-13-10-18(15-24(23)29-3)14-20(16-26)21-6-4-5-7-22(21)28-2/h4-15H,1-3H3/b20-14-.